The van der Waals surface area contributed by atoms with Crippen molar-refractivity contribution in [1.29, 1.82) is 0 Å². The zero-order valence-electron chi connectivity index (χ0n) is 14.6. The maximum absolute atomic E-state index is 11.8. The molecule has 138 valence electrons. The summed E-state index contributed by atoms with van der Waals surface area (Å²) >= 11 is 0. The van der Waals surface area contributed by atoms with Gasteiger partial charge in [-0.3, -0.25) is 4.98 Å². The molecule has 0 unspecified atom stereocenters. The second-order valence-electron chi connectivity index (χ2n) is 6.73. The van der Waals surface area contributed by atoms with Gasteiger partial charge in [-0.25, -0.2) is 17.5 Å². The predicted molar refractivity (Wildman–Crippen MR) is 99.5 cm³/mol. The molecule has 1 saturated heterocycles. The molecule has 0 spiro atoms. The number of nitrogens with zero attached hydrogens (tertiary/aromatic N) is 2. The van der Waals surface area contributed by atoms with E-state index in [0.29, 0.717) is 19.5 Å². The Hall–Kier alpha value is -2.25. The summed E-state index contributed by atoms with van der Waals surface area (Å²) in [6.45, 7) is 1.10. The topological polar surface area (TPSA) is 87.6 Å². The van der Waals surface area contributed by atoms with E-state index in [1.807, 2.05) is 18.2 Å². The third-order valence-electron chi connectivity index (χ3n) is 4.73. The minimum Gasteiger partial charge on any atom is -0.478 e. The largest absolute Gasteiger partial charge is 0.478 e. The Labute approximate surface area is 153 Å². The molecule has 0 aliphatic carbocycles. The van der Waals surface area contributed by atoms with E-state index in [9.17, 15) is 18.3 Å². The van der Waals surface area contributed by atoms with Crippen molar-refractivity contribution in [1.82, 2.24) is 9.29 Å². The van der Waals surface area contributed by atoms with Crippen molar-refractivity contribution in [3.05, 3.63) is 53.7 Å². The van der Waals surface area contributed by atoms with Gasteiger partial charge in [0.1, 0.15) is 0 Å². The highest BCUT2D eigenvalue weighted by Gasteiger charge is 2.26. The number of carbonyl (C=O) groups is 1. The summed E-state index contributed by atoms with van der Waals surface area (Å²) in [7, 11) is -3.18. The number of pyridine rings is 1. The van der Waals surface area contributed by atoms with E-state index >= 15 is 0 Å². The molecule has 0 bridgehead atoms. The zero-order chi connectivity index (χ0) is 18.7. The number of hydrogen-bond donors (Lipinski definition) is 1. The zero-order valence-corrected chi connectivity index (χ0v) is 15.4. The molecular formula is C19H22N2O4S. The van der Waals surface area contributed by atoms with Crippen LogP contribution in [0.3, 0.4) is 0 Å². The van der Waals surface area contributed by atoms with Crippen molar-refractivity contribution >= 4 is 16.0 Å². The second-order valence-corrected chi connectivity index (χ2v) is 8.71. The number of carboxylic acid groups (broad SMARTS) is 1. The predicted octanol–water partition coefficient (Wildman–Crippen LogP) is 2.66. The quantitative estimate of drug-likeness (QED) is 0.869. The third kappa shape index (κ3) is 4.28. The van der Waals surface area contributed by atoms with Gasteiger partial charge in [0.25, 0.3) is 0 Å². The van der Waals surface area contributed by atoms with Crippen LogP contribution in [0.25, 0.3) is 11.3 Å². The van der Waals surface area contributed by atoms with E-state index in [2.05, 4.69) is 4.98 Å². The number of benzene rings is 1. The molecule has 0 saturated carbocycles. The maximum atomic E-state index is 11.8. The Morgan fingerprint density at radius 1 is 1.31 bits per heavy atom. The molecule has 1 fully saturated rings. The van der Waals surface area contributed by atoms with Gasteiger partial charge in [-0.1, -0.05) is 18.2 Å². The van der Waals surface area contributed by atoms with Crippen LogP contribution in [0.2, 0.25) is 0 Å². The Balaban J connectivity index is 1.86. The Bertz CT molecular complexity index is 911. The fraction of sp³-hybridized carbons (Fsp3) is 0.368. The van der Waals surface area contributed by atoms with Gasteiger partial charge in [-0.2, -0.15) is 0 Å². The number of aromatic nitrogens is 1. The highest BCUT2D eigenvalue weighted by molar-refractivity contribution is 7.88. The fourth-order valence-corrected chi connectivity index (χ4v) is 4.41. The number of carboxylic acids is 1. The summed E-state index contributed by atoms with van der Waals surface area (Å²) in [5.41, 5.74) is 2.75. The lowest BCUT2D eigenvalue weighted by Gasteiger charge is -2.31. The van der Waals surface area contributed by atoms with Crippen LogP contribution in [-0.2, 0) is 16.4 Å². The van der Waals surface area contributed by atoms with E-state index in [0.717, 1.165) is 29.7 Å². The lowest BCUT2D eigenvalue weighted by molar-refractivity contribution is 0.0697. The lowest BCUT2D eigenvalue weighted by atomic mass is 9.90. The Morgan fingerprint density at radius 3 is 2.85 bits per heavy atom. The summed E-state index contributed by atoms with van der Waals surface area (Å²) in [5, 5.41) is 9.21. The average molecular weight is 374 g/mol. The van der Waals surface area contributed by atoms with E-state index in [4.69, 9.17) is 0 Å². The van der Waals surface area contributed by atoms with Gasteiger partial charge in [0.15, 0.2) is 0 Å². The highest BCUT2D eigenvalue weighted by atomic mass is 32.2. The molecule has 1 aliphatic heterocycles. The van der Waals surface area contributed by atoms with Crippen molar-refractivity contribution in [3.8, 4) is 11.3 Å². The van der Waals surface area contributed by atoms with E-state index < -0.39 is 16.0 Å². The molecule has 1 N–H and O–H groups in total. The number of piperidine rings is 1. The first-order valence-electron chi connectivity index (χ1n) is 8.57. The molecule has 1 atom stereocenters. The van der Waals surface area contributed by atoms with Crippen LogP contribution in [0.1, 0.15) is 28.8 Å². The van der Waals surface area contributed by atoms with Gasteiger partial charge in [-0.05, 0) is 48.9 Å². The van der Waals surface area contributed by atoms with Gasteiger partial charge < -0.3 is 5.11 Å². The van der Waals surface area contributed by atoms with Crippen LogP contribution in [0, 0.1) is 5.92 Å². The third-order valence-corrected chi connectivity index (χ3v) is 6.00. The summed E-state index contributed by atoms with van der Waals surface area (Å²) < 4.78 is 25.2. The molecule has 7 heteroatoms. The van der Waals surface area contributed by atoms with Gasteiger partial charge in [-0.15, -0.1) is 0 Å². The van der Waals surface area contributed by atoms with Crippen LogP contribution < -0.4 is 0 Å². The summed E-state index contributed by atoms with van der Waals surface area (Å²) in [6, 6.07) is 10.6. The Morgan fingerprint density at radius 2 is 2.12 bits per heavy atom. The number of aromatic carboxylic acids is 1. The molecule has 2 aromatic rings. The Kier molecular flexibility index (Phi) is 5.38. The molecule has 0 amide bonds. The molecule has 2 heterocycles. The summed E-state index contributed by atoms with van der Waals surface area (Å²) in [6.07, 6.45) is 5.47. The molecule has 1 aromatic carbocycles. The molecular weight excluding hydrogens is 352 g/mol. The average Bonchev–Trinajstić information content (AvgIpc) is 2.62. The fourth-order valence-electron chi connectivity index (χ4n) is 3.47. The monoisotopic (exact) mass is 374 g/mol. The number of rotatable bonds is 5. The highest BCUT2D eigenvalue weighted by Crippen LogP contribution is 2.28. The molecule has 26 heavy (non-hydrogen) atoms. The normalized spacial score (nSPS) is 18.6. The minimum absolute atomic E-state index is 0.222. The lowest BCUT2D eigenvalue weighted by Crippen LogP contribution is -2.39. The SMILES string of the molecule is CS(=O)(=O)N1CCC[C@@H](Cc2cccnc2-c2cccc(C(=O)O)c2)C1. The van der Waals surface area contributed by atoms with Crippen LogP contribution >= 0.6 is 0 Å². The van der Waals surface area contributed by atoms with Crippen molar-refractivity contribution in [2.75, 3.05) is 19.3 Å². The first-order chi connectivity index (χ1) is 12.3. The second kappa shape index (κ2) is 7.55. The molecule has 1 aromatic heterocycles. The van der Waals surface area contributed by atoms with Crippen LogP contribution in [0.5, 0.6) is 0 Å². The van der Waals surface area contributed by atoms with E-state index in [-0.39, 0.29) is 11.5 Å². The van der Waals surface area contributed by atoms with Crippen LogP contribution in [0.4, 0.5) is 0 Å². The van der Waals surface area contributed by atoms with Crippen molar-refractivity contribution in [3.63, 3.8) is 0 Å². The molecule has 3 rings (SSSR count). The van der Waals surface area contributed by atoms with Gasteiger partial charge in [0.05, 0.1) is 17.5 Å². The minimum atomic E-state index is -3.18. The van der Waals surface area contributed by atoms with E-state index in [1.54, 1.807) is 28.7 Å². The smallest absolute Gasteiger partial charge is 0.335 e. The first-order valence-corrected chi connectivity index (χ1v) is 10.4. The first kappa shape index (κ1) is 18.5. The van der Waals surface area contributed by atoms with Crippen LogP contribution in [-0.4, -0.2) is 48.1 Å². The van der Waals surface area contributed by atoms with E-state index in [1.165, 1.54) is 6.26 Å². The standard InChI is InChI=1S/C19H22N2O4S/c1-26(24,25)21-10-4-5-14(13-21)11-15-8-3-9-20-18(15)16-6-2-7-17(12-16)19(22)23/h2-3,6-9,12,14H,4-5,10-11,13H2,1H3,(H,22,23)/t14-/m0/s1. The molecule has 1 aliphatic rings. The van der Waals surface area contributed by atoms with Crippen molar-refractivity contribution in [2.45, 2.75) is 19.3 Å². The summed E-state index contributed by atoms with van der Waals surface area (Å²) in [5.74, 6) is -0.746. The molecule has 6 nitrogen and oxygen atoms in total. The van der Waals surface area contributed by atoms with Crippen LogP contribution in [0.15, 0.2) is 42.6 Å². The number of sulfonamides is 1. The maximum Gasteiger partial charge on any atom is 0.335 e. The summed E-state index contributed by atoms with van der Waals surface area (Å²) in [4.78, 5) is 15.7. The number of hydrogen-bond acceptors (Lipinski definition) is 4. The van der Waals surface area contributed by atoms with Gasteiger partial charge in [0, 0.05) is 24.8 Å². The van der Waals surface area contributed by atoms with Crippen molar-refractivity contribution in [2.24, 2.45) is 5.92 Å². The molecule has 0 radical (unpaired) electrons. The van der Waals surface area contributed by atoms with Crippen molar-refractivity contribution < 1.29 is 18.3 Å². The van der Waals surface area contributed by atoms with Gasteiger partial charge in [0.2, 0.25) is 10.0 Å². The van der Waals surface area contributed by atoms with Gasteiger partial charge >= 0.3 is 5.97 Å².